The molecule has 0 radical (unpaired) electrons. The van der Waals surface area contributed by atoms with Crippen LogP contribution in [0.5, 0.6) is 0 Å². The Morgan fingerprint density at radius 3 is 2.34 bits per heavy atom. The Hall–Kier alpha value is -2.14. The number of carbonyl (C=O) groups excluding carboxylic acids is 1. The van der Waals surface area contributed by atoms with Gasteiger partial charge >= 0.3 is 0 Å². The lowest BCUT2D eigenvalue weighted by molar-refractivity contribution is 0.0919. The molecule has 0 spiro atoms. The molecule has 3 rings (SSSR count). The zero-order chi connectivity index (χ0) is 21.0. The Labute approximate surface area is 175 Å². The van der Waals surface area contributed by atoms with Crippen LogP contribution in [0, 0.1) is 0 Å². The predicted octanol–water partition coefficient (Wildman–Crippen LogP) is 4.20. The molecule has 0 unspecified atom stereocenters. The minimum atomic E-state index is -0.0495. The van der Waals surface area contributed by atoms with E-state index in [-0.39, 0.29) is 17.4 Å². The number of rotatable bonds is 6. The molecule has 0 bridgehead atoms. The topological polar surface area (TPSA) is 50.2 Å². The van der Waals surface area contributed by atoms with Crippen LogP contribution < -0.4 is 5.32 Å². The largest absolute Gasteiger partial charge is 0.348 e. The van der Waals surface area contributed by atoms with Crippen LogP contribution >= 0.6 is 0 Å². The second-order valence-electron chi connectivity index (χ2n) is 9.66. The van der Waals surface area contributed by atoms with Crippen molar-refractivity contribution in [1.82, 2.24) is 20.0 Å². The van der Waals surface area contributed by atoms with Crippen molar-refractivity contribution in [3.05, 3.63) is 53.3 Å². The third-order valence-corrected chi connectivity index (χ3v) is 5.96. The van der Waals surface area contributed by atoms with E-state index in [0.29, 0.717) is 11.6 Å². The van der Waals surface area contributed by atoms with Crippen molar-refractivity contribution in [2.75, 3.05) is 20.6 Å². The van der Waals surface area contributed by atoms with Crippen molar-refractivity contribution in [1.29, 1.82) is 0 Å². The Balaban J connectivity index is 1.49. The van der Waals surface area contributed by atoms with Crippen LogP contribution in [-0.2, 0) is 12.0 Å². The molecule has 5 nitrogen and oxygen atoms in total. The van der Waals surface area contributed by atoms with Crippen molar-refractivity contribution < 1.29 is 4.79 Å². The Kier molecular flexibility index (Phi) is 6.78. The number of aromatic nitrogens is 2. The fraction of sp³-hybridized carbons (Fsp3) is 0.583. The van der Waals surface area contributed by atoms with Gasteiger partial charge in [0.2, 0.25) is 0 Å². The SMILES string of the molecule is CN(C)CCn1ccc(C(=O)NC2CCC(c3ccc(C(C)(C)C)cc3)CC2)n1. The first kappa shape index (κ1) is 21.6. The van der Waals surface area contributed by atoms with Gasteiger partial charge in [-0.25, -0.2) is 0 Å². The maximum absolute atomic E-state index is 12.5. The molecule has 1 aromatic carbocycles. The summed E-state index contributed by atoms with van der Waals surface area (Å²) in [5, 5.41) is 7.61. The smallest absolute Gasteiger partial charge is 0.271 e. The van der Waals surface area contributed by atoms with Gasteiger partial charge < -0.3 is 10.2 Å². The third-order valence-electron chi connectivity index (χ3n) is 5.96. The summed E-state index contributed by atoms with van der Waals surface area (Å²) in [5.74, 6) is 0.550. The second kappa shape index (κ2) is 9.12. The van der Waals surface area contributed by atoms with E-state index in [2.05, 4.69) is 60.4 Å². The lowest BCUT2D eigenvalue weighted by Crippen LogP contribution is -2.37. The van der Waals surface area contributed by atoms with Gasteiger partial charge in [0, 0.05) is 18.8 Å². The van der Waals surface area contributed by atoms with Crippen LogP contribution in [0.1, 0.15) is 74.0 Å². The number of likely N-dealkylation sites (N-methyl/N-ethyl adjacent to an activating group) is 1. The first-order chi connectivity index (χ1) is 13.7. The summed E-state index contributed by atoms with van der Waals surface area (Å²) in [6.07, 6.45) is 6.18. The van der Waals surface area contributed by atoms with Crippen LogP contribution in [0.15, 0.2) is 36.5 Å². The molecule has 1 N–H and O–H groups in total. The third kappa shape index (κ3) is 5.92. The maximum Gasteiger partial charge on any atom is 0.271 e. The Morgan fingerprint density at radius 2 is 1.76 bits per heavy atom. The Bertz CT molecular complexity index is 793. The van der Waals surface area contributed by atoms with Gasteiger partial charge in [0.1, 0.15) is 5.69 Å². The van der Waals surface area contributed by atoms with Crippen LogP contribution in [-0.4, -0.2) is 47.3 Å². The number of amides is 1. The molecule has 0 atom stereocenters. The van der Waals surface area contributed by atoms with Crippen molar-refractivity contribution in [3.8, 4) is 0 Å². The summed E-state index contributed by atoms with van der Waals surface area (Å²) in [5.41, 5.74) is 3.53. The summed E-state index contributed by atoms with van der Waals surface area (Å²) in [6.45, 7) is 8.45. The first-order valence-corrected chi connectivity index (χ1v) is 10.8. The second-order valence-corrected chi connectivity index (χ2v) is 9.66. The molecule has 1 aliphatic rings. The van der Waals surface area contributed by atoms with Gasteiger partial charge in [-0.1, -0.05) is 45.0 Å². The van der Waals surface area contributed by atoms with Crippen LogP contribution in [0.3, 0.4) is 0 Å². The molecule has 1 aliphatic carbocycles. The molecule has 1 aromatic heterocycles. The van der Waals surface area contributed by atoms with Crippen molar-refractivity contribution >= 4 is 5.91 Å². The van der Waals surface area contributed by atoms with Gasteiger partial charge in [-0.15, -0.1) is 0 Å². The van der Waals surface area contributed by atoms with Gasteiger partial charge in [-0.05, 0) is 68.3 Å². The number of carbonyl (C=O) groups is 1. The highest BCUT2D eigenvalue weighted by Crippen LogP contribution is 2.34. The van der Waals surface area contributed by atoms with Crippen LogP contribution in [0.25, 0.3) is 0 Å². The summed E-state index contributed by atoms with van der Waals surface area (Å²) in [6, 6.07) is 11.2. The molecule has 1 saturated carbocycles. The average Bonchev–Trinajstić information content (AvgIpc) is 3.16. The molecule has 1 amide bonds. The lowest BCUT2D eigenvalue weighted by atomic mass is 9.80. The number of benzene rings is 1. The van der Waals surface area contributed by atoms with Crippen LogP contribution in [0.2, 0.25) is 0 Å². The standard InChI is InChI=1S/C24H36N4O/c1-24(2,3)20-10-6-18(7-11-20)19-8-12-21(13-9-19)25-23(29)22-14-15-28(26-22)17-16-27(4)5/h6-7,10-11,14-15,19,21H,8-9,12-13,16-17H2,1-5H3,(H,25,29). The maximum atomic E-state index is 12.5. The van der Waals surface area contributed by atoms with Crippen molar-refractivity contribution in [2.45, 2.75) is 70.4 Å². The molecule has 1 heterocycles. The molecule has 1 fully saturated rings. The highest BCUT2D eigenvalue weighted by atomic mass is 16.2. The van der Waals surface area contributed by atoms with Gasteiger partial charge in [-0.2, -0.15) is 5.10 Å². The van der Waals surface area contributed by atoms with E-state index < -0.39 is 0 Å². The quantitative estimate of drug-likeness (QED) is 0.796. The molecule has 0 saturated heterocycles. The van der Waals surface area contributed by atoms with Gasteiger partial charge in [0.25, 0.3) is 5.91 Å². The molecule has 0 aliphatic heterocycles. The summed E-state index contributed by atoms with van der Waals surface area (Å²) < 4.78 is 1.84. The zero-order valence-electron chi connectivity index (χ0n) is 18.6. The molecular weight excluding hydrogens is 360 g/mol. The summed E-state index contributed by atoms with van der Waals surface area (Å²) >= 11 is 0. The summed E-state index contributed by atoms with van der Waals surface area (Å²) in [4.78, 5) is 14.7. The number of nitrogens with one attached hydrogen (secondary N) is 1. The molecule has 29 heavy (non-hydrogen) atoms. The minimum Gasteiger partial charge on any atom is -0.348 e. The van der Waals surface area contributed by atoms with E-state index >= 15 is 0 Å². The molecular formula is C24H36N4O. The fourth-order valence-electron chi connectivity index (χ4n) is 4.00. The van der Waals surface area contributed by atoms with Crippen molar-refractivity contribution in [3.63, 3.8) is 0 Å². The van der Waals surface area contributed by atoms with Gasteiger partial charge in [0.15, 0.2) is 0 Å². The van der Waals surface area contributed by atoms with E-state index in [1.165, 1.54) is 11.1 Å². The molecule has 158 valence electrons. The average molecular weight is 397 g/mol. The summed E-state index contributed by atoms with van der Waals surface area (Å²) in [7, 11) is 4.07. The minimum absolute atomic E-state index is 0.0495. The number of nitrogens with zero attached hydrogens (tertiary/aromatic N) is 3. The van der Waals surface area contributed by atoms with E-state index in [1.54, 1.807) is 0 Å². The van der Waals surface area contributed by atoms with Gasteiger partial charge in [0.05, 0.1) is 6.54 Å². The van der Waals surface area contributed by atoms with Crippen LogP contribution in [0.4, 0.5) is 0 Å². The first-order valence-electron chi connectivity index (χ1n) is 10.8. The molecule has 2 aromatic rings. The van der Waals surface area contributed by atoms with E-state index in [4.69, 9.17) is 0 Å². The molecule has 5 heteroatoms. The predicted molar refractivity (Wildman–Crippen MR) is 118 cm³/mol. The number of hydrogen-bond donors (Lipinski definition) is 1. The Morgan fingerprint density at radius 1 is 1.10 bits per heavy atom. The van der Waals surface area contributed by atoms with Gasteiger partial charge in [-0.3, -0.25) is 9.48 Å². The zero-order valence-corrected chi connectivity index (χ0v) is 18.6. The van der Waals surface area contributed by atoms with E-state index in [0.717, 1.165) is 38.8 Å². The normalized spacial score (nSPS) is 20.1. The highest BCUT2D eigenvalue weighted by molar-refractivity contribution is 5.92. The fourth-order valence-corrected chi connectivity index (χ4v) is 4.00. The van der Waals surface area contributed by atoms with Crippen molar-refractivity contribution in [2.24, 2.45) is 0 Å². The number of hydrogen-bond acceptors (Lipinski definition) is 3. The monoisotopic (exact) mass is 396 g/mol. The van der Waals surface area contributed by atoms with E-state index in [9.17, 15) is 4.79 Å². The highest BCUT2D eigenvalue weighted by Gasteiger charge is 2.25. The lowest BCUT2D eigenvalue weighted by Gasteiger charge is -2.29. The van der Waals surface area contributed by atoms with E-state index in [1.807, 2.05) is 31.0 Å².